The fourth-order valence-corrected chi connectivity index (χ4v) is 2.67. The molecule has 1 unspecified atom stereocenters. The average molecular weight is 504 g/mol. The van der Waals surface area contributed by atoms with Crippen molar-refractivity contribution in [2.45, 2.75) is 19.1 Å². The lowest BCUT2D eigenvalue weighted by Crippen LogP contribution is -2.42. The molecule has 2 rings (SSSR count). The van der Waals surface area contributed by atoms with E-state index >= 15 is 0 Å². The molecular formula is C20H30FIN4O2. The SMILES string of the molecule is CN=C(NCCCOCc1ccco1)NCC(c1cccc(F)c1)N(C)C.I. The molecule has 0 bridgehead atoms. The third-order valence-electron chi connectivity index (χ3n) is 4.13. The molecule has 0 fully saturated rings. The summed E-state index contributed by atoms with van der Waals surface area (Å²) in [5.41, 5.74) is 0.925. The summed E-state index contributed by atoms with van der Waals surface area (Å²) in [6.45, 7) is 2.47. The molecule has 0 amide bonds. The Balaban J connectivity index is 0.00000392. The summed E-state index contributed by atoms with van der Waals surface area (Å²) in [5.74, 6) is 1.31. The molecule has 0 aliphatic rings. The van der Waals surface area contributed by atoms with Gasteiger partial charge in [-0.05, 0) is 50.3 Å². The average Bonchev–Trinajstić information content (AvgIpc) is 3.16. The highest BCUT2D eigenvalue weighted by Gasteiger charge is 2.15. The zero-order valence-corrected chi connectivity index (χ0v) is 19.0. The van der Waals surface area contributed by atoms with Gasteiger partial charge in [0.1, 0.15) is 18.2 Å². The fraction of sp³-hybridized carbons (Fsp3) is 0.450. The van der Waals surface area contributed by atoms with Crippen LogP contribution in [-0.2, 0) is 11.3 Å². The summed E-state index contributed by atoms with van der Waals surface area (Å²) >= 11 is 0. The maximum Gasteiger partial charge on any atom is 0.191 e. The van der Waals surface area contributed by atoms with Gasteiger partial charge in [0.2, 0.25) is 0 Å². The number of rotatable bonds is 10. The Morgan fingerprint density at radius 1 is 1.25 bits per heavy atom. The number of likely N-dealkylation sites (N-methyl/N-ethyl adjacent to an activating group) is 1. The number of hydrogen-bond acceptors (Lipinski definition) is 4. The number of guanidine groups is 1. The minimum absolute atomic E-state index is 0. The van der Waals surface area contributed by atoms with Crippen molar-refractivity contribution >= 4 is 29.9 Å². The van der Waals surface area contributed by atoms with Crippen LogP contribution in [0.3, 0.4) is 0 Å². The van der Waals surface area contributed by atoms with Crippen molar-refractivity contribution in [1.29, 1.82) is 0 Å². The van der Waals surface area contributed by atoms with E-state index in [1.54, 1.807) is 25.4 Å². The van der Waals surface area contributed by atoms with Gasteiger partial charge in [-0.2, -0.15) is 0 Å². The molecule has 0 saturated heterocycles. The molecule has 2 N–H and O–H groups in total. The number of halogens is 2. The van der Waals surface area contributed by atoms with Crippen LogP contribution in [0.5, 0.6) is 0 Å². The third-order valence-corrected chi connectivity index (χ3v) is 4.13. The van der Waals surface area contributed by atoms with Crippen LogP contribution >= 0.6 is 24.0 Å². The number of benzene rings is 1. The molecule has 156 valence electrons. The molecule has 1 atom stereocenters. The Morgan fingerprint density at radius 3 is 2.71 bits per heavy atom. The molecule has 1 heterocycles. The summed E-state index contributed by atoms with van der Waals surface area (Å²) in [6.07, 6.45) is 2.49. The van der Waals surface area contributed by atoms with Crippen LogP contribution in [0, 0.1) is 5.82 Å². The zero-order valence-electron chi connectivity index (χ0n) is 16.7. The summed E-state index contributed by atoms with van der Waals surface area (Å²) in [7, 11) is 5.68. The van der Waals surface area contributed by atoms with E-state index in [4.69, 9.17) is 9.15 Å². The summed E-state index contributed by atoms with van der Waals surface area (Å²) in [4.78, 5) is 6.29. The highest BCUT2D eigenvalue weighted by atomic mass is 127. The van der Waals surface area contributed by atoms with Crippen LogP contribution in [0.4, 0.5) is 4.39 Å². The van der Waals surface area contributed by atoms with Crippen LogP contribution in [0.1, 0.15) is 23.8 Å². The number of ether oxygens (including phenoxy) is 1. The Bertz CT molecular complexity index is 695. The van der Waals surface area contributed by atoms with Gasteiger partial charge in [-0.25, -0.2) is 4.39 Å². The van der Waals surface area contributed by atoms with E-state index in [-0.39, 0.29) is 35.8 Å². The van der Waals surface area contributed by atoms with Crippen LogP contribution in [0.15, 0.2) is 52.1 Å². The molecule has 0 aliphatic carbocycles. The smallest absolute Gasteiger partial charge is 0.191 e. The molecule has 2 aromatic rings. The second-order valence-electron chi connectivity index (χ2n) is 6.40. The molecule has 1 aromatic heterocycles. The maximum atomic E-state index is 13.5. The topological polar surface area (TPSA) is 62.0 Å². The lowest BCUT2D eigenvalue weighted by Gasteiger charge is -2.26. The molecule has 28 heavy (non-hydrogen) atoms. The van der Waals surface area contributed by atoms with Gasteiger partial charge < -0.3 is 24.7 Å². The minimum atomic E-state index is -0.226. The molecular weight excluding hydrogens is 474 g/mol. The van der Waals surface area contributed by atoms with Crippen molar-refractivity contribution in [2.75, 3.05) is 40.8 Å². The fourth-order valence-electron chi connectivity index (χ4n) is 2.67. The predicted molar refractivity (Wildman–Crippen MR) is 121 cm³/mol. The highest BCUT2D eigenvalue weighted by molar-refractivity contribution is 14.0. The standard InChI is InChI=1S/C20H29FN4O2.HI/c1-22-20(23-10-6-11-26-15-18-9-5-12-27-18)24-14-19(25(2)3)16-7-4-8-17(21)13-16;/h4-5,7-9,12-13,19H,6,10-11,14-15H2,1-3H3,(H2,22,23,24);1H. The monoisotopic (exact) mass is 504 g/mol. The molecule has 1 aromatic carbocycles. The third kappa shape index (κ3) is 8.57. The van der Waals surface area contributed by atoms with Crippen molar-refractivity contribution in [3.05, 3.63) is 59.8 Å². The van der Waals surface area contributed by atoms with E-state index in [9.17, 15) is 4.39 Å². The quantitative estimate of drug-likeness (QED) is 0.225. The van der Waals surface area contributed by atoms with Gasteiger partial charge in [0.25, 0.3) is 0 Å². The maximum absolute atomic E-state index is 13.5. The Morgan fingerprint density at radius 2 is 2.07 bits per heavy atom. The van der Waals surface area contributed by atoms with Crippen molar-refractivity contribution in [3.63, 3.8) is 0 Å². The molecule has 0 saturated carbocycles. The first-order chi connectivity index (χ1) is 13.1. The van der Waals surface area contributed by atoms with Crippen LogP contribution < -0.4 is 10.6 Å². The Kier molecular flexibility index (Phi) is 11.8. The number of aliphatic imine (C=N–C) groups is 1. The van der Waals surface area contributed by atoms with E-state index in [1.165, 1.54) is 6.07 Å². The number of nitrogens with zero attached hydrogens (tertiary/aromatic N) is 2. The first-order valence-electron chi connectivity index (χ1n) is 9.06. The summed E-state index contributed by atoms with van der Waals surface area (Å²) in [6, 6.07) is 10.5. The van der Waals surface area contributed by atoms with Gasteiger partial charge in [0.05, 0.1) is 12.3 Å². The lowest BCUT2D eigenvalue weighted by atomic mass is 10.1. The first kappa shape index (κ1) is 24.4. The van der Waals surface area contributed by atoms with E-state index in [1.807, 2.05) is 32.3 Å². The Hall–Kier alpha value is -1.65. The molecule has 0 radical (unpaired) electrons. The van der Waals surface area contributed by atoms with Crippen LogP contribution in [0.25, 0.3) is 0 Å². The van der Waals surface area contributed by atoms with Crippen LogP contribution in [0.2, 0.25) is 0 Å². The van der Waals surface area contributed by atoms with Gasteiger partial charge in [-0.1, -0.05) is 12.1 Å². The van der Waals surface area contributed by atoms with E-state index in [0.717, 1.165) is 24.3 Å². The second-order valence-corrected chi connectivity index (χ2v) is 6.40. The van der Waals surface area contributed by atoms with E-state index < -0.39 is 0 Å². The Labute approximate surface area is 183 Å². The van der Waals surface area contributed by atoms with E-state index in [0.29, 0.717) is 25.7 Å². The van der Waals surface area contributed by atoms with Crippen molar-refractivity contribution in [3.8, 4) is 0 Å². The summed E-state index contributed by atoms with van der Waals surface area (Å²) in [5, 5.41) is 6.56. The van der Waals surface area contributed by atoms with Crippen molar-refractivity contribution in [2.24, 2.45) is 4.99 Å². The highest BCUT2D eigenvalue weighted by Crippen LogP contribution is 2.18. The van der Waals surface area contributed by atoms with Crippen molar-refractivity contribution < 1.29 is 13.5 Å². The number of hydrogen-bond donors (Lipinski definition) is 2. The molecule has 6 nitrogen and oxygen atoms in total. The lowest BCUT2D eigenvalue weighted by molar-refractivity contribution is 0.105. The predicted octanol–water partition coefficient (Wildman–Crippen LogP) is 3.41. The van der Waals surface area contributed by atoms with Gasteiger partial charge in [-0.3, -0.25) is 4.99 Å². The van der Waals surface area contributed by atoms with E-state index in [2.05, 4.69) is 20.5 Å². The normalized spacial score (nSPS) is 12.5. The molecule has 0 aliphatic heterocycles. The largest absolute Gasteiger partial charge is 0.467 e. The molecule has 0 spiro atoms. The van der Waals surface area contributed by atoms with Gasteiger partial charge in [-0.15, -0.1) is 24.0 Å². The van der Waals surface area contributed by atoms with Crippen LogP contribution in [-0.4, -0.2) is 51.7 Å². The van der Waals surface area contributed by atoms with Gasteiger partial charge in [0, 0.05) is 26.7 Å². The number of furan rings is 1. The van der Waals surface area contributed by atoms with Gasteiger partial charge >= 0.3 is 0 Å². The first-order valence-corrected chi connectivity index (χ1v) is 9.06. The number of nitrogens with one attached hydrogen (secondary N) is 2. The van der Waals surface area contributed by atoms with Crippen molar-refractivity contribution in [1.82, 2.24) is 15.5 Å². The molecule has 8 heteroatoms. The second kappa shape index (κ2) is 13.5. The summed E-state index contributed by atoms with van der Waals surface area (Å²) < 4.78 is 24.3. The minimum Gasteiger partial charge on any atom is -0.467 e. The van der Waals surface area contributed by atoms with Gasteiger partial charge in [0.15, 0.2) is 5.96 Å². The zero-order chi connectivity index (χ0) is 19.5.